The maximum Gasteiger partial charge on any atom is 0.407 e. The first-order chi connectivity index (χ1) is 18.1. The van der Waals surface area contributed by atoms with Gasteiger partial charge in [-0.2, -0.15) is 4.31 Å². The Morgan fingerprint density at radius 3 is 2.66 bits per heavy atom. The fraction of sp³-hybridized carbons (Fsp3) is 0.481. The number of fused-ring (bicyclic) bond motifs is 1. The second kappa shape index (κ2) is 12.2. The number of carbonyl (C=O) groups excluding carboxylic acids is 1. The zero-order valence-corrected chi connectivity index (χ0v) is 22.7. The van der Waals surface area contributed by atoms with E-state index >= 15 is 0 Å². The topological polar surface area (TPSA) is 131 Å². The molecule has 3 aromatic rings. The molecule has 0 spiro atoms. The number of rotatable bonds is 11. The summed E-state index contributed by atoms with van der Waals surface area (Å²) in [5.74, 6) is 0.427. The van der Waals surface area contributed by atoms with Gasteiger partial charge in [-0.15, -0.1) is 0 Å². The molecule has 2 N–H and O–H groups in total. The summed E-state index contributed by atoms with van der Waals surface area (Å²) in [6.45, 7) is 6.30. The van der Waals surface area contributed by atoms with Crippen LogP contribution in [0.2, 0.25) is 0 Å². The maximum absolute atomic E-state index is 13.7. The smallest absolute Gasteiger partial charge is 0.407 e. The molecular formula is C27H35N3O7S. The Bertz CT molecular complexity index is 1320. The second-order valence-corrected chi connectivity index (χ2v) is 11.9. The van der Waals surface area contributed by atoms with Gasteiger partial charge in [-0.1, -0.05) is 44.2 Å². The lowest BCUT2D eigenvalue weighted by atomic mass is 10.0. The third kappa shape index (κ3) is 7.10. The van der Waals surface area contributed by atoms with Crippen molar-refractivity contribution in [1.29, 1.82) is 0 Å². The highest BCUT2D eigenvalue weighted by molar-refractivity contribution is 7.89. The first-order valence-electron chi connectivity index (χ1n) is 12.8. The molecule has 1 amide bonds. The van der Waals surface area contributed by atoms with Crippen molar-refractivity contribution in [3.8, 4) is 0 Å². The number of aliphatic hydroxyl groups excluding tert-OH is 1. The quantitative estimate of drug-likeness (QED) is 0.375. The summed E-state index contributed by atoms with van der Waals surface area (Å²) >= 11 is 0. The number of hydrogen-bond acceptors (Lipinski definition) is 8. The number of ether oxygens (including phenoxy) is 2. The third-order valence-corrected chi connectivity index (χ3v) is 8.12. The molecule has 0 aliphatic carbocycles. The number of amides is 1. The monoisotopic (exact) mass is 545 g/mol. The summed E-state index contributed by atoms with van der Waals surface area (Å²) < 4.78 is 44.9. The molecule has 2 heterocycles. The number of alkyl carbamates (subject to hydrolysis) is 1. The number of aliphatic hydroxyl groups is 1. The lowest BCUT2D eigenvalue weighted by Gasteiger charge is -2.30. The van der Waals surface area contributed by atoms with E-state index in [-0.39, 0.29) is 36.4 Å². The molecule has 0 bridgehead atoms. The van der Waals surface area contributed by atoms with Crippen molar-refractivity contribution < 1.29 is 32.2 Å². The van der Waals surface area contributed by atoms with Crippen LogP contribution in [0.25, 0.3) is 11.1 Å². The molecule has 1 aliphatic heterocycles. The van der Waals surface area contributed by atoms with Crippen molar-refractivity contribution >= 4 is 27.2 Å². The van der Waals surface area contributed by atoms with E-state index in [0.29, 0.717) is 36.6 Å². The van der Waals surface area contributed by atoms with Crippen LogP contribution in [-0.4, -0.2) is 73.5 Å². The van der Waals surface area contributed by atoms with Crippen LogP contribution in [0.1, 0.15) is 31.7 Å². The van der Waals surface area contributed by atoms with Gasteiger partial charge in [0.15, 0.2) is 11.5 Å². The third-order valence-electron chi connectivity index (χ3n) is 6.29. The van der Waals surface area contributed by atoms with Gasteiger partial charge in [0.25, 0.3) is 0 Å². The van der Waals surface area contributed by atoms with Crippen LogP contribution in [0.4, 0.5) is 4.79 Å². The van der Waals surface area contributed by atoms with E-state index in [2.05, 4.69) is 10.3 Å². The number of sulfonamides is 1. The zero-order chi connectivity index (χ0) is 27.3. The molecule has 1 saturated heterocycles. The highest BCUT2D eigenvalue weighted by atomic mass is 32.2. The lowest BCUT2D eigenvalue weighted by molar-refractivity contribution is 0.0644. The molecular weight excluding hydrogens is 510 g/mol. The number of aryl methyl sites for hydroxylation is 1. The van der Waals surface area contributed by atoms with Crippen molar-refractivity contribution in [3.05, 3.63) is 60.0 Å². The van der Waals surface area contributed by atoms with E-state index in [0.717, 1.165) is 5.56 Å². The first kappa shape index (κ1) is 28.0. The molecule has 1 aliphatic rings. The SMILES string of the molecule is Cc1nc2ccc(S(=O)(=O)N(CC(C)C)C[C@@H](O)[C@H](Cc3ccccc3)NC(=O)O[C@H]3CCOC3)cc2o1. The molecule has 0 radical (unpaired) electrons. The highest BCUT2D eigenvalue weighted by Gasteiger charge is 2.32. The summed E-state index contributed by atoms with van der Waals surface area (Å²) in [5.41, 5.74) is 1.82. The largest absolute Gasteiger partial charge is 0.444 e. The van der Waals surface area contributed by atoms with Crippen LogP contribution in [-0.2, 0) is 25.9 Å². The number of carbonyl (C=O) groups is 1. The highest BCUT2D eigenvalue weighted by Crippen LogP contribution is 2.24. The predicted molar refractivity (Wildman–Crippen MR) is 141 cm³/mol. The molecule has 38 heavy (non-hydrogen) atoms. The number of nitrogens with one attached hydrogen (secondary N) is 1. The minimum Gasteiger partial charge on any atom is -0.444 e. The Kier molecular flexibility index (Phi) is 9.03. The average Bonchev–Trinajstić information content (AvgIpc) is 3.51. The number of aromatic nitrogens is 1. The average molecular weight is 546 g/mol. The van der Waals surface area contributed by atoms with Crippen molar-refractivity contribution in [3.63, 3.8) is 0 Å². The van der Waals surface area contributed by atoms with Gasteiger partial charge < -0.3 is 24.3 Å². The molecule has 1 fully saturated rings. The lowest BCUT2D eigenvalue weighted by Crippen LogP contribution is -2.51. The van der Waals surface area contributed by atoms with Crippen LogP contribution in [0.5, 0.6) is 0 Å². The van der Waals surface area contributed by atoms with Crippen molar-refractivity contribution in [2.24, 2.45) is 5.92 Å². The van der Waals surface area contributed by atoms with Crippen LogP contribution < -0.4 is 5.32 Å². The van der Waals surface area contributed by atoms with E-state index in [1.165, 1.54) is 16.4 Å². The number of oxazole rings is 1. The molecule has 3 atom stereocenters. The van der Waals surface area contributed by atoms with Crippen molar-refractivity contribution in [1.82, 2.24) is 14.6 Å². The van der Waals surface area contributed by atoms with E-state index in [1.807, 2.05) is 44.2 Å². The Labute approximate surface area is 223 Å². The van der Waals surface area contributed by atoms with Crippen LogP contribution in [0.15, 0.2) is 57.8 Å². The molecule has 1 aromatic heterocycles. The van der Waals surface area contributed by atoms with Crippen molar-refractivity contribution in [2.75, 3.05) is 26.3 Å². The van der Waals surface area contributed by atoms with Crippen molar-refractivity contribution in [2.45, 2.75) is 56.8 Å². The van der Waals surface area contributed by atoms with Gasteiger partial charge in [-0.3, -0.25) is 0 Å². The van der Waals surface area contributed by atoms with Crippen LogP contribution in [0, 0.1) is 12.8 Å². The molecule has 10 nitrogen and oxygen atoms in total. The Morgan fingerprint density at radius 1 is 1.21 bits per heavy atom. The molecule has 0 saturated carbocycles. The number of hydrogen-bond donors (Lipinski definition) is 2. The summed E-state index contributed by atoms with van der Waals surface area (Å²) in [5, 5.41) is 14.1. The van der Waals surface area contributed by atoms with Gasteiger partial charge in [-0.25, -0.2) is 18.2 Å². The van der Waals surface area contributed by atoms with Crippen LogP contribution >= 0.6 is 0 Å². The second-order valence-electron chi connectivity index (χ2n) is 9.98. The molecule has 11 heteroatoms. The van der Waals surface area contributed by atoms with E-state index in [9.17, 15) is 18.3 Å². The maximum atomic E-state index is 13.7. The molecule has 2 aromatic carbocycles. The minimum absolute atomic E-state index is 0.0129. The predicted octanol–water partition coefficient (Wildman–Crippen LogP) is 3.27. The Balaban J connectivity index is 1.56. The number of nitrogens with zero attached hydrogens (tertiary/aromatic N) is 2. The van der Waals surface area contributed by atoms with E-state index < -0.39 is 28.3 Å². The summed E-state index contributed by atoms with van der Waals surface area (Å²) in [7, 11) is -4.00. The Hall–Kier alpha value is -2.99. The number of benzene rings is 2. The summed E-state index contributed by atoms with van der Waals surface area (Å²) in [6.07, 6.45) is -1.35. The van der Waals surface area contributed by atoms with Gasteiger partial charge in [0.2, 0.25) is 10.0 Å². The first-order valence-corrected chi connectivity index (χ1v) is 14.2. The normalized spacial score (nSPS) is 17.7. The minimum atomic E-state index is -4.00. The fourth-order valence-corrected chi connectivity index (χ4v) is 6.08. The molecule has 4 rings (SSSR count). The van der Waals surface area contributed by atoms with Crippen LogP contribution in [0.3, 0.4) is 0 Å². The van der Waals surface area contributed by atoms with Gasteiger partial charge in [0.1, 0.15) is 11.6 Å². The standard InChI is InChI=1S/C27H35N3O7S/c1-18(2)15-30(38(33,34)22-9-10-23-26(14-22)36-19(3)28-23)16-25(31)24(13-20-7-5-4-6-8-20)29-27(32)37-21-11-12-35-17-21/h4-10,14,18,21,24-25,31H,11-13,15-17H2,1-3H3,(H,29,32)/t21-,24-,25+/m0/s1. The van der Waals surface area contributed by atoms with Gasteiger partial charge in [-0.05, 0) is 30.0 Å². The van der Waals surface area contributed by atoms with E-state index in [1.54, 1.807) is 13.0 Å². The Morgan fingerprint density at radius 2 is 1.97 bits per heavy atom. The van der Waals surface area contributed by atoms with E-state index in [4.69, 9.17) is 13.9 Å². The van der Waals surface area contributed by atoms with Gasteiger partial charge in [0.05, 0.1) is 30.3 Å². The zero-order valence-electron chi connectivity index (χ0n) is 21.9. The molecule has 0 unspecified atom stereocenters. The summed E-state index contributed by atoms with van der Waals surface area (Å²) in [4.78, 5) is 16.9. The van der Waals surface area contributed by atoms with Gasteiger partial charge in [0, 0.05) is 32.5 Å². The summed E-state index contributed by atoms with van der Waals surface area (Å²) in [6, 6.07) is 13.1. The molecule has 206 valence electrons. The fourth-order valence-electron chi connectivity index (χ4n) is 4.44. The van der Waals surface area contributed by atoms with Gasteiger partial charge >= 0.3 is 6.09 Å².